The van der Waals surface area contributed by atoms with E-state index in [1.165, 1.54) is 12.1 Å². The Hall–Kier alpha value is -1.41. The lowest BCUT2D eigenvalue weighted by Gasteiger charge is -2.31. The minimum atomic E-state index is -0.339. The molecule has 1 aromatic rings. The van der Waals surface area contributed by atoms with E-state index in [9.17, 15) is 14.0 Å². The van der Waals surface area contributed by atoms with Crippen LogP contribution in [0.25, 0.3) is 0 Å². The second-order valence-corrected chi connectivity index (χ2v) is 9.31. The second kappa shape index (κ2) is 8.52. The fourth-order valence-electron chi connectivity index (χ4n) is 3.01. The van der Waals surface area contributed by atoms with Crippen molar-refractivity contribution in [1.82, 2.24) is 10.2 Å². The van der Waals surface area contributed by atoms with E-state index in [0.717, 1.165) is 17.1 Å². The Morgan fingerprint density at radius 2 is 2.12 bits per heavy atom. The summed E-state index contributed by atoms with van der Waals surface area (Å²) in [7, 11) is 1.74. The molecule has 8 heteroatoms. The Morgan fingerprint density at radius 3 is 2.85 bits per heavy atom. The molecule has 0 aliphatic carbocycles. The predicted molar refractivity (Wildman–Crippen MR) is 103 cm³/mol. The Morgan fingerprint density at radius 1 is 1.38 bits per heavy atom. The van der Waals surface area contributed by atoms with Gasteiger partial charge in [-0.2, -0.15) is 0 Å². The number of amides is 2. The number of halogens is 1. The van der Waals surface area contributed by atoms with Crippen LogP contribution in [0, 0.1) is 11.7 Å². The van der Waals surface area contributed by atoms with Gasteiger partial charge in [0.2, 0.25) is 11.8 Å². The molecule has 2 heterocycles. The summed E-state index contributed by atoms with van der Waals surface area (Å²) in [6.07, 6.45) is 0.463. The van der Waals surface area contributed by atoms with Gasteiger partial charge < -0.3 is 15.0 Å². The van der Waals surface area contributed by atoms with E-state index in [1.54, 1.807) is 41.5 Å². The van der Waals surface area contributed by atoms with E-state index < -0.39 is 0 Å². The van der Waals surface area contributed by atoms with E-state index in [2.05, 4.69) is 5.32 Å². The minimum absolute atomic E-state index is 0.0237. The third-order valence-electron chi connectivity index (χ3n) is 4.69. The second-order valence-electron chi connectivity index (χ2n) is 6.58. The zero-order valence-corrected chi connectivity index (χ0v) is 16.5. The molecule has 1 saturated heterocycles. The van der Waals surface area contributed by atoms with Gasteiger partial charge in [0.15, 0.2) is 0 Å². The minimum Gasteiger partial charge on any atom is -0.492 e. The molecular formula is C18H23FN2O3S2. The van der Waals surface area contributed by atoms with Crippen molar-refractivity contribution < 1.29 is 18.7 Å². The molecule has 0 spiro atoms. The summed E-state index contributed by atoms with van der Waals surface area (Å²) in [5, 5.41) is 2.93. The third-order valence-corrected chi connectivity index (χ3v) is 7.68. The van der Waals surface area contributed by atoms with Crippen LogP contribution in [0.1, 0.15) is 12.5 Å². The zero-order chi connectivity index (χ0) is 18.7. The Balaban J connectivity index is 1.53. The Bertz CT molecular complexity index is 682. The van der Waals surface area contributed by atoms with E-state index in [0.29, 0.717) is 18.7 Å². The van der Waals surface area contributed by atoms with Gasteiger partial charge in [0.1, 0.15) is 22.8 Å². The molecule has 1 fully saturated rings. The molecule has 5 nitrogen and oxygen atoms in total. The maximum absolute atomic E-state index is 13.4. The number of rotatable bonds is 5. The van der Waals surface area contributed by atoms with Gasteiger partial charge in [-0.3, -0.25) is 9.59 Å². The average Bonchev–Trinajstić information content (AvgIpc) is 3.18. The number of hydrogen-bond donors (Lipinski definition) is 1. The topological polar surface area (TPSA) is 58.6 Å². The van der Waals surface area contributed by atoms with E-state index >= 15 is 0 Å². The molecule has 0 aromatic heterocycles. The first-order chi connectivity index (χ1) is 12.5. The van der Waals surface area contributed by atoms with Gasteiger partial charge >= 0.3 is 0 Å². The summed E-state index contributed by atoms with van der Waals surface area (Å²) in [5.41, 5.74) is 0.722. The van der Waals surface area contributed by atoms with Crippen molar-refractivity contribution in [3.63, 3.8) is 0 Å². The van der Waals surface area contributed by atoms with Crippen LogP contribution < -0.4 is 10.1 Å². The van der Waals surface area contributed by atoms with Crippen LogP contribution >= 0.6 is 23.5 Å². The molecule has 2 amide bonds. The van der Waals surface area contributed by atoms with Crippen LogP contribution in [0.4, 0.5) is 4.39 Å². The lowest BCUT2D eigenvalue weighted by molar-refractivity contribution is -0.137. The van der Waals surface area contributed by atoms with Gasteiger partial charge in [-0.25, -0.2) is 4.39 Å². The lowest BCUT2D eigenvalue weighted by atomic mass is 9.95. The largest absolute Gasteiger partial charge is 0.492 e. The molecule has 142 valence electrons. The first-order valence-corrected chi connectivity index (χ1v) is 10.7. The van der Waals surface area contributed by atoms with Gasteiger partial charge in [0.25, 0.3) is 0 Å². The zero-order valence-electron chi connectivity index (χ0n) is 14.9. The smallest absolute Gasteiger partial charge is 0.243 e. The number of benzene rings is 1. The van der Waals surface area contributed by atoms with Gasteiger partial charge in [0.05, 0.1) is 5.92 Å². The van der Waals surface area contributed by atoms with E-state index in [-0.39, 0.29) is 40.8 Å². The first-order valence-electron chi connectivity index (χ1n) is 8.64. The van der Waals surface area contributed by atoms with Crippen molar-refractivity contribution in [2.75, 3.05) is 31.7 Å². The number of hydrogen-bond acceptors (Lipinski definition) is 5. The monoisotopic (exact) mass is 398 g/mol. The van der Waals surface area contributed by atoms with Crippen LogP contribution in [0.5, 0.6) is 5.75 Å². The highest BCUT2D eigenvalue weighted by atomic mass is 32.2. The van der Waals surface area contributed by atoms with Gasteiger partial charge in [-0.05, 0) is 37.1 Å². The van der Waals surface area contributed by atoms with Crippen molar-refractivity contribution in [2.45, 2.75) is 24.0 Å². The number of fused-ring (bicyclic) bond motifs is 1. The molecular weight excluding hydrogens is 375 g/mol. The fraction of sp³-hybridized carbons (Fsp3) is 0.556. The van der Waals surface area contributed by atoms with Crippen molar-refractivity contribution >= 4 is 35.3 Å². The quantitative estimate of drug-likeness (QED) is 0.824. The molecule has 2 aliphatic heterocycles. The summed E-state index contributed by atoms with van der Waals surface area (Å²) in [6, 6.07) is 4.26. The molecule has 0 saturated carbocycles. The fourth-order valence-corrected chi connectivity index (χ4v) is 5.63. The lowest BCUT2D eigenvalue weighted by Crippen LogP contribution is -2.48. The van der Waals surface area contributed by atoms with Crippen LogP contribution in [0.15, 0.2) is 18.2 Å². The summed E-state index contributed by atoms with van der Waals surface area (Å²) in [6.45, 7) is 2.61. The number of thioether (sulfide) groups is 2. The highest BCUT2D eigenvalue weighted by molar-refractivity contribution is 8.21. The summed E-state index contributed by atoms with van der Waals surface area (Å²) in [5.74, 6) is 1.95. The van der Waals surface area contributed by atoms with E-state index in [1.807, 2.05) is 6.92 Å². The first kappa shape index (κ1) is 19.4. The maximum Gasteiger partial charge on any atom is 0.243 e. The number of ether oxygens (including phenoxy) is 1. The SMILES string of the molecule is CC(CNC(=O)C1SCCS1)N(C)C(=O)C1COc2ccc(F)cc2C1. The highest BCUT2D eigenvalue weighted by Gasteiger charge is 2.31. The third kappa shape index (κ3) is 4.46. The molecule has 1 N–H and O–H groups in total. The normalized spacial score (nSPS) is 20.8. The molecule has 3 rings (SSSR count). The van der Waals surface area contributed by atoms with Crippen LogP contribution in [0.2, 0.25) is 0 Å². The Labute approximate surface area is 161 Å². The van der Waals surface area contributed by atoms with Crippen LogP contribution in [0.3, 0.4) is 0 Å². The number of nitrogens with one attached hydrogen (secondary N) is 1. The molecule has 2 unspecified atom stereocenters. The van der Waals surface area contributed by atoms with Crippen LogP contribution in [-0.2, 0) is 16.0 Å². The van der Waals surface area contributed by atoms with Gasteiger partial charge in [-0.1, -0.05) is 0 Å². The van der Waals surface area contributed by atoms with Gasteiger partial charge in [0, 0.05) is 31.1 Å². The van der Waals surface area contributed by atoms with Crippen molar-refractivity contribution in [2.24, 2.45) is 5.92 Å². The molecule has 2 atom stereocenters. The summed E-state index contributed by atoms with van der Waals surface area (Å²) < 4.78 is 19.0. The van der Waals surface area contributed by atoms with Crippen molar-refractivity contribution in [1.29, 1.82) is 0 Å². The molecule has 0 bridgehead atoms. The van der Waals surface area contributed by atoms with Crippen molar-refractivity contribution in [3.05, 3.63) is 29.6 Å². The highest BCUT2D eigenvalue weighted by Crippen LogP contribution is 2.32. The Kier molecular flexibility index (Phi) is 6.34. The standard InChI is InChI=1S/C18H23FN2O3S2/c1-11(9-20-16(22)18-25-5-6-26-18)21(2)17(23)13-7-12-8-14(19)3-4-15(12)24-10-13/h3-4,8,11,13,18H,5-7,9-10H2,1-2H3,(H,20,22). The average molecular weight is 399 g/mol. The van der Waals surface area contributed by atoms with E-state index in [4.69, 9.17) is 4.74 Å². The van der Waals surface area contributed by atoms with Crippen LogP contribution in [-0.4, -0.2) is 59.0 Å². The number of carbonyl (C=O) groups is 2. The maximum atomic E-state index is 13.4. The summed E-state index contributed by atoms with van der Waals surface area (Å²) >= 11 is 3.31. The molecule has 2 aliphatic rings. The number of likely N-dealkylation sites (N-methyl/N-ethyl adjacent to an activating group) is 1. The molecule has 0 radical (unpaired) electrons. The van der Waals surface area contributed by atoms with Gasteiger partial charge in [-0.15, -0.1) is 23.5 Å². The predicted octanol–water partition coefficient (Wildman–Crippen LogP) is 2.15. The number of carbonyl (C=O) groups excluding carboxylic acids is 2. The van der Waals surface area contributed by atoms with Crippen molar-refractivity contribution in [3.8, 4) is 5.75 Å². The molecule has 1 aromatic carbocycles. The summed E-state index contributed by atoms with van der Waals surface area (Å²) in [4.78, 5) is 26.5. The molecule has 26 heavy (non-hydrogen) atoms. The number of nitrogens with zero attached hydrogens (tertiary/aromatic N) is 1.